The van der Waals surface area contributed by atoms with Crippen LogP contribution in [0.3, 0.4) is 0 Å². The fourth-order valence-corrected chi connectivity index (χ4v) is 4.83. The number of amides is 1. The molecule has 164 valence electrons. The highest BCUT2D eigenvalue weighted by molar-refractivity contribution is 7.99. The summed E-state index contributed by atoms with van der Waals surface area (Å²) in [5.74, 6) is -0.0475. The third-order valence-electron chi connectivity index (χ3n) is 5.10. The maximum atomic E-state index is 12.1. The van der Waals surface area contributed by atoms with Crippen molar-refractivity contribution in [3.8, 4) is 0 Å². The van der Waals surface area contributed by atoms with Crippen molar-refractivity contribution < 1.29 is 4.79 Å². The molecule has 1 amide bonds. The number of rotatable bonds is 6. The predicted molar refractivity (Wildman–Crippen MR) is 130 cm³/mol. The maximum absolute atomic E-state index is 12.1. The van der Waals surface area contributed by atoms with Gasteiger partial charge in [-0.1, -0.05) is 29.4 Å². The highest BCUT2D eigenvalue weighted by Crippen LogP contribution is 2.40. The molecule has 6 nitrogen and oxygen atoms in total. The van der Waals surface area contributed by atoms with Gasteiger partial charge in [-0.3, -0.25) is 4.79 Å². The summed E-state index contributed by atoms with van der Waals surface area (Å²) in [6, 6.07) is 5.90. The van der Waals surface area contributed by atoms with Gasteiger partial charge in [0.1, 0.15) is 0 Å². The largest absolute Gasteiger partial charge is 0.363 e. The van der Waals surface area contributed by atoms with Gasteiger partial charge in [-0.05, 0) is 65.3 Å². The Morgan fingerprint density at radius 3 is 2.55 bits per heavy atom. The highest BCUT2D eigenvalue weighted by atomic mass is 35.5. The number of aryl methyl sites for hydroxylation is 2. The molecule has 1 aliphatic rings. The van der Waals surface area contributed by atoms with Crippen LogP contribution in [0.15, 0.2) is 34.5 Å². The van der Waals surface area contributed by atoms with Gasteiger partial charge in [-0.25, -0.2) is 15.4 Å². The van der Waals surface area contributed by atoms with Crippen LogP contribution >= 0.6 is 23.4 Å². The summed E-state index contributed by atoms with van der Waals surface area (Å²) in [6.45, 7) is 13.3. The second-order valence-corrected chi connectivity index (χ2v) is 9.48. The van der Waals surface area contributed by atoms with E-state index in [1.807, 2.05) is 32.0 Å². The van der Waals surface area contributed by atoms with Crippen LogP contribution < -0.4 is 10.3 Å². The minimum absolute atomic E-state index is 0.0735. The van der Waals surface area contributed by atoms with E-state index in [2.05, 4.69) is 59.2 Å². The SMILES string of the molecule is CCN1c2cc(Cl)c(/C=N\NC(=O)CSc3nc(C)cc(C)n3)cc2C(C)=CC1(C)C. The van der Waals surface area contributed by atoms with Crippen molar-refractivity contribution in [2.45, 2.75) is 52.2 Å². The van der Waals surface area contributed by atoms with E-state index in [9.17, 15) is 4.79 Å². The molecule has 0 radical (unpaired) electrons. The van der Waals surface area contributed by atoms with Crippen molar-refractivity contribution >= 4 is 46.7 Å². The van der Waals surface area contributed by atoms with Crippen molar-refractivity contribution in [3.05, 3.63) is 51.8 Å². The van der Waals surface area contributed by atoms with Gasteiger partial charge >= 0.3 is 0 Å². The van der Waals surface area contributed by atoms with E-state index in [0.717, 1.165) is 34.7 Å². The Morgan fingerprint density at radius 2 is 1.90 bits per heavy atom. The number of halogens is 1. The van der Waals surface area contributed by atoms with E-state index in [0.29, 0.717) is 10.2 Å². The third-order valence-corrected chi connectivity index (χ3v) is 6.27. The molecule has 3 rings (SSSR count). The number of nitrogens with one attached hydrogen (secondary N) is 1. The summed E-state index contributed by atoms with van der Waals surface area (Å²) in [7, 11) is 0. The van der Waals surface area contributed by atoms with Gasteiger partial charge in [-0.15, -0.1) is 0 Å². The fourth-order valence-electron chi connectivity index (χ4n) is 3.89. The van der Waals surface area contributed by atoms with Gasteiger partial charge < -0.3 is 4.90 Å². The molecule has 8 heteroatoms. The molecule has 0 aliphatic carbocycles. The lowest BCUT2D eigenvalue weighted by Gasteiger charge is -2.43. The molecule has 31 heavy (non-hydrogen) atoms. The average molecular weight is 458 g/mol. The van der Waals surface area contributed by atoms with Crippen LogP contribution in [0.1, 0.15) is 50.2 Å². The number of carbonyl (C=O) groups is 1. The number of hydrogen-bond donors (Lipinski definition) is 1. The number of allylic oxidation sites excluding steroid dienone is 1. The third kappa shape index (κ3) is 5.46. The molecule has 0 bridgehead atoms. The van der Waals surface area contributed by atoms with E-state index >= 15 is 0 Å². The molecule has 2 aromatic rings. The lowest BCUT2D eigenvalue weighted by Crippen LogP contribution is -2.44. The zero-order chi connectivity index (χ0) is 22.8. The van der Waals surface area contributed by atoms with Crippen molar-refractivity contribution in [1.29, 1.82) is 0 Å². The summed E-state index contributed by atoms with van der Waals surface area (Å²) in [5, 5.41) is 5.27. The summed E-state index contributed by atoms with van der Waals surface area (Å²) >= 11 is 7.82. The molecule has 1 aromatic heterocycles. The van der Waals surface area contributed by atoms with Gasteiger partial charge in [0.15, 0.2) is 5.16 Å². The predicted octanol–water partition coefficient (Wildman–Crippen LogP) is 5.01. The first kappa shape index (κ1) is 23.3. The van der Waals surface area contributed by atoms with E-state index in [1.165, 1.54) is 17.3 Å². The van der Waals surface area contributed by atoms with E-state index in [-0.39, 0.29) is 17.2 Å². The molecule has 0 fully saturated rings. The van der Waals surface area contributed by atoms with Crippen LogP contribution in [-0.4, -0.2) is 39.9 Å². The van der Waals surface area contributed by atoms with Crippen LogP contribution in [0.2, 0.25) is 5.02 Å². The molecule has 0 unspecified atom stereocenters. The Morgan fingerprint density at radius 1 is 1.23 bits per heavy atom. The van der Waals surface area contributed by atoms with Gasteiger partial charge in [0.25, 0.3) is 5.91 Å². The molecule has 2 heterocycles. The minimum atomic E-state index is -0.229. The zero-order valence-electron chi connectivity index (χ0n) is 18.8. The molecular weight excluding hydrogens is 430 g/mol. The van der Waals surface area contributed by atoms with Crippen molar-refractivity contribution in [3.63, 3.8) is 0 Å². The van der Waals surface area contributed by atoms with Crippen LogP contribution in [0, 0.1) is 13.8 Å². The fraction of sp³-hybridized carbons (Fsp3) is 0.391. The summed E-state index contributed by atoms with van der Waals surface area (Å²) in [5.41, 5.74) is 8.44. The monoisotopic (exact) mass is 457 g/mol. The normalized spacial score (nSPS) is 15.1. The van der Waals surface area contributed by atoms with Gasteiger partial charge in [0.2, 0.25) is 0 Å². The summed E-state index contributed by atoms with van der Waals surface area (Å²) < 4.78 is 0. The topological polar surface area (TPSA) is 70.5 Å². The second-order valence-electron chi connectivity index (χ2n) is 8.13. The molecule has 0 spiro atoms. The molecule has 0 atom stereocenters. The van der Waals surface area contributed by atoms with Gasteiger partial charge in [0, 0.05) is 34.7 Å². The molecular formula is C23H28ClN5OS. The number of likely N-dealkylation sites (N-methyl/N-ethyl adjacent to an activating group) is 1. The van der Waals surface area contributed by atoms with Crippen LogP contribution in [0.25, 0.3) is 5.57 Å². The zero-order valence-corrected chi connectivity index (χ0v) is 20.4. The Labute approximate surface area is 193 Å². The molecule has 0 saturated heterocycles. The first-order valence-corrected chi connectivity index (χ1v) is 11.5. The number of hydrazone groups is 1. The Kier molecular flexibility index (Phi) is 7.06. The lowest BCUT2D eigenvalue weighted by atomic mass is 9.88. The first-order chi connectivity index (χ1) is 14.6. The van der Waals surface area contributed by atoms with Crippen LogP contribution in [0.4, 0.5) is 5.69 Å². The van der Waals surface area contributed by atoms with E-state index in [1.54, 1.807) is 6.21 Å². The van der Waals surface area contributed by atoms with Crippen LogP contribution in [0.5, 0.6) is 0 Å². The molecule has 1 aliphatic heterocycles. The number of fused-ring (bicyclic) bond motifs is 1. The number of nitrogens with zero attached hydrogens (tertiary/aromatic N) is 4. The van der Waals surface area contributed by atoms with E-state index in [4.69, 9.17) is 11.6 Å². The average Bonchev–Trinajstić information content (AvgIpc) is 2.66. The standard InChI is InChI=1S/C23H28ClN5OS/c1-7-29-20-10-19(24)17(9-18(20)14(2)11-23(29,5)6)12-25-28-21(30)13-31-22-26-15(3)8-16(4)27-22/h8-12H,7,13H2,1-6H3,(H,28,30)/b25-12-. The van der Waals surface area contributed by atoms with Crippen molar-refractivity contribution in [2.75, 3.05) is 17.2 Å². The lowest BCUT2D eigenvalue weighted by molar-refractivity contribution is -0.118. The quantitative estimate of drug-likeness (QED) is 0.285. The number of carbonyl (C=O) groups excluding carboxylic acids is 1. The molecule has 1 aromatic carbocycles. The Balaban J connectivity index is 1.69. The summed E-state index contributed by atoms with van der Waals surface area (Å²) in [6.07, 6.45) is 3.85. The number of thioether (sulfide) groups is 1. The van der Waals surface area contributed by atoms with Crippen molar-refractivity contribution in [1.82, 2.24) is 15.4 Å². The summed E-state index contributed by atoms with van der Waals surface area (Å²) in [4.78, 5) is 23.1. The number of benzene rings is 1. The number of hydrogen-bond acceptors (Lipinski definition) is 6. The Bertz CT molecular complexity index is 1040. The van der Waals surface area contributed by atoms with Gasteiger partial charge in [-0.2, -0.15) is 5.10 Å². The maximum Gasteiger partial charge on any atom is 0.250 e. The van der Waals surface area contributed by atoms with E-state index < -0.39 is 0 Å². The molecule has 1 N–H and O–H groups in total. The Hall–Kier alpha value is -2.38. The number of anilines is 1. The van der Waals surface area contributed by atoms with Gasteiger partial charge in [0.05, 0.1) is 22.5 Å². The minimum Gasteiger partial charge on any atom is -0.363 e. The second kappa shape index (κ2) is 9.40. The van der Waals surface area contributed by atoms with Crippen molar-refractivity contribution in [2.24, 2.45) is 5.10 Å². The first-order valence-electron chi connectivity index (χ1n) is 10.2. The number of aromatic nitrogens is 2. The molecule has 0 saturated carbocycles. The highest BCUT2D eigenvalue weighted by Gasteiger charge is 2.30. The smallest absolute Gasteiger partial charge is 0.250 e. The van der Waals surface area contributed by atoms with Crippen LogP contribution in [-0.2, 0) is 4.79 Å².